The highest BCUT2D eigenvalue weighted by atomic mass is 16.6. The zero-order valence-electron chi connectivity index (χ0n) is 14.7. The Balaban J connectivity index is 1.87. The number of benzene rings is 1. The first-order valence-corrected chi connectivity index (χ1v) is 7.98. The van der Waals surface area contributed by atoms with Gasteiger partial charge in [0.2, 0.25) is 0 Å². The Bertz CT molecular complexity index is 657. The highest BCUT2D eigenvalue weighted by Gasteiger charge is 2.15. The topological polar surface area (TPSA) is 65.4 Å². The van der Waals surface area contributed by atoms with Crippen LogP contribution in [0.15, 0.2) is 36.5 Å². The summed E-state index contributed by atoms with van der Waals surface area (Å²) in [5.41, 5.74) is 1.71. The molecule has 0 aliphatic heterocycles. The summed E-state index contributed by atoms with van der Waals surface area (Å²) in [5, 5.41) is 7.12. The fourth-order valence-corrected chi connectivity index (χ4v) is 2.23. The van der Waals surface area contributed by atoms with Gasteiger partial charge in [0, 0.05) is 24.9 Å². The number of amides is 1. The van der Waals surface area contributed by atoms with Crippen molar-refractivity contribution in [1.29, 1.82) is 0 Å². The van der Waals surface area contributed by atoms with E-state index in [1.54, 1.807) is 13.3 Å². The van der Waals surface area contributed by atoms with Crippen LogP contribution in [0.25, 0.3) is 0 Å². The second-order valence-electron chi connectivity index (χ2n) is 6.51. The molecule has 0 aliphatic rings. The number of hydrogen-bond donors (Lipinski definition) is 1. The van der Waals surface area contributed by atoms with Crippen LogP contribution < -0.4 is 10.1 Å². The quantitative estimate of drug-likeness (QED) is 0.884. The molecule has 1 amide bonds. The van der Waals surface area contributed by atoms with Crippen LogP contribution in [0.4, 0.5) is 4.79 Å². The van der Waals surface area contributed by atoms with E-state index < -0.39 is 11.7 Å². The predicted molar refractivity (Wildman–Crippen MR) is 92.3 cm³/mol. The van der Waals surface area contributed by atoms with Crippen LogP contribution in [-0.4, -0.2) is 35.1 Å². The zero-order chi connectivity index (χ0) is 17.6. The summed E-state index contributed by atoms with van der Waals surface area (Å²) in [7, 11) is 1.65. The smallest absolute Gasteiger partial charge is 0.407 e. The number of ether oxygens (including phenoxy) is 2. The van der Waals surface area contributed by atoms with Crippen LogP contribution in [0.2, 0.25) is 0 Å². The van der Waals surface area contributed by atoms with Crippen LogP contribution in [0.1, 0.15) is 32.0 Å². The highest BCUT2D eigenvalue weighted by molar-refractivity contribution is 5.67. The zero-order valence-corrected chi connectivity index (χ0v) is 14.7. The van der Waals surface area contributed by atoms with Crippen molar-refractivity contribution in [1.82, 2.24) is 15.1 Å². The van der Waals surface area contributed by atoms with Gasteiger partial charge in [-0.25, -0.2) is 4.79 Å². The van der Waals surface area contributed by atoms with Gasteiger partial charge in [0.15, 0.2) is 0 Å². The summed E-state index contributed by atoms with van der Waals surface area (Å²) in [5.74, 6) is 0.834. The van der Waals surface area contributed by atoms with E-state index in [1.165, 1.54) is 0 Å². The van der Waals surface area contributed by atoms with Crippen LogP contribution >= 0.6 is 0 Å². The Morgan fingerprint density at radius 2 is 1.92 bits per heavy atom. The van der Waals surface area contributed by atoms with E-state index >= 15 is 0 Å². The first-order chi connectivity index (χ1) is 11.4. The lowest BCUT2D eigenvalue weighted by atomic mass is 10.2. The van der Waals surface area contributed by atoms with Gasteiger partial charge < -0.3 is 14.8 Å². The summed E-state index contributed by atoms with van der Waals surface area (Å²) >= 11 is 0. The third-order valence-electron chi connectivity index (χ3n) is 3.35. The van der Waals surface area contributed by atoms with E-state index in [9.17, 15) is 4.79 Å². The molecular weight excluding hydrogens is 306 g/mol. The summed E-state index contributed by atoms with van der Waals surface area (Å²) < 4.78 is 12.3. The number of nitrogens with one attached hydrogen (secondary N) is 1. The number of methoxy groups -OCH3 is 1. The molecule has 130 valence electrons. The summed E-state index contributed by atoms with van der Waals surface area (Å²) in [6, 6.07) is 9.86. The molecular formula is C18H25N3O3. The van der Waals surface area contributed by atoms with Crippen LogP contribution in [0.3, 0.4) is 0 Å². The average Bonchev–Trinajstić information content (AvgIpc) is 2.93. The molecule has 0 fully saturated rings. The van der Waals surface area contributed by atoms with Gasteiger partial charge in [-0.3, -0.25) is 4.68 Å². The molecule has 6 heteroatoms. The van der Waals surface area contributed by atoms with Gasteiger partial charge in [0.05, 0.1) is 13.7 Å². The van der Waals surface area contributed by atoms with Crippen molar-refractivity contribution in [2.24, 2.45) is 0 Å². The summed E-state index contributed by atoms with van der Waals surface area (Å²) in [6.07, 6.45) is 2.06. The first-order valence-electron chi connectivity index (χ1n) is 7.98. The molecule has 2 rings (SSSR count). The molecule has 1 aromatic heterocycles. The van der Waals surface area contributed by atoms with Gasteiger partial charge in [0.1, 0.15) is 11.4 Å². The number of alkyl carbamates (subject to hydrolysis) is 1. The van der Waals surface area contributed by atoms with Gasteiger partial charge in [-0.1, -0.05) is 12.1 Å². The van der Waals surface area contributed by atoms with Crippen molar-refractivity contribution in [3.8, 4) is 5.75 Å². The maximum atomic E-state index is 11.7. The molecule has 24 heavy (non-hydrogen) atoms. The number of nitrogens with zero attached hydrogens (tertiary/aromatic N) is 2. The number of aromatic nitrogens is 2. The van der Waals surface area contributed by atoms with Crippen LogP contribution in [-0.2, 0) is 17.7 Å². The van der Waals surface area contributed by atoms with Crippen molar-refractivity contribution in [2.45, 2.75) is 39.3 Å². The highest BCUT2D eigenvalue weighted by Crippen LogP contribution is 2.13. The van der Waals surface area contributed by atoms with Crippen molar-refractivity contribution in [3.63, 3.8) is 0 Å². The monoisotopic (exact) mass is 331 g/mol. The van der Waals surface area contributed by atoms with Crippen molar-refractivity contribution in [3.05, 3.63) is 47.8 Å². The molecule has 0 aliphatic carbocycles. The number of carbonyl (C=O) groups is 1. The van der Waals surface area contributed by atoms with Crippen LogP contribution in [0, 0.1) is 0 Å². The third-order valence-corrected chi connectivity index (χ3v) is 3.35. The van der Waals surface area contributed by atoms with Gasteiger partial charge in [-0.2, -0.15) is 5.10 Å². The molecule has 0 saturated carbocycles. The molecule has 0 spiro atoms. The van der Waals surface area contributed by atoms with Gasteiger partial charge in [0.25, 0.3) is 0 Å². The van der Waals surface area contributed by atoms with Crippen molar-refractivity contribution < 1.29 is 14.3 Å². The Labute approximate surface area is 142 Å². The Morgan fingerprint density at radius 3 is 2.54 bits per heavy atom. The average molecular weight is 331 g/mol. The van der Waals surface area contributed by atoms with Gasteiger partial charge in [-0.15, -0.1) is 0 Å². The molecule has 0 unspecified atom stereocenters. The Hall–Kier alpha value is -2.50. The van der Waals surface area contributed by atoms with E-state index in [0.717, 1.165) is 17.0 Å². The molecule has 0 saturated heterocycles. The summed E-state index contributed by atoms with van der Waals surface area (Å²) in [4.78, 5) is 11.7. The minimum atomic E-state index is -0.486. The fraction of sp³-hybridized carbons (Fsp3) is 0.444. The maximum Gasteiger partial charge on any atom is 0.407 e. The van der Waals surface area contributed by atoms with E-state index in [0.29, 0.717) is 19.5 Å². The lowest BCUT2D eigenvalue weighted by molar-refractivity contribution is 0.0528. The summed E-state index contributed by atoms with van der Waals surface area (Å²) in [6.45, 7) is 6.71. The molecule has 0 radical (unpaired) electrons. The molecule has 1 heterocycles. The van der Waals surface area contributed by atoms with Crippen molar-refractivity contribution >= 4 is 6.09 Å². The molecule has 1 aromatic carbocycles. The second-order valence-corrected chi connectivity index (χ2v) is 6.51. The first kappa shape index (κ1) is 17.8. The largest absolute Gasteiger partial charge is 0.497 e. The number of carbonyl (C=O) groups excluding carboxylic acids is 1. The van der Waals surface area contributed by atoms with E-state index in [4.69, 9.17) is 9.47 Å². The van der Waals surface area contributed by atoms with Crippen LogP contribution in [0.5, 0.6) is 5.75 Å². The predicted octanol–water partition coefficient (Wildman–Crippen LogP) is 3.01. The molecule has 1 N–H and O–H groups in total. The minimum absolute atomic E-state index is 0.399. The fourth-order valence-electron chi connectivity index (χ4n) is 2.23. The standard InChI is InChI=1S/C18H25N3O3/c1-18(2,3)24-17(22)19-11-9-15-10-12-20-21(15)13-14-5-7-16(23-4)8-6-14/h5-8,10,12H,9,11,13H2,1-4H3,(H,19,22). The molecule has 6 nitrogen and oxygen atoms in total. The van der Waals surface area contributed by atoms with E-state index in [-0.39, 0.29) is 0 Å². The van der Waals surface area contributed by atoms with Crippen molar-refractivity contribution in [2.75, 3.05) is 13.7 Å². The lowest BCUT2D eigenvalue weighted by Crippen LogP contribution is -2.33. The third kappa shape index (κ3) is 5.61. The second kappa shape index (κ2) is 7.86. The van der Waals surface area contributed by atoms with E-state index in [1.807, 2.05) is 55.8 Å². The van der Waals surface area contributed by atoms with Gasteiger partial charge >= 0.3 is 6.09 Å². The number of hydrogen-bond acceptors (Lipinski definition) is 4. The molecule has 0 atom stereocenters. The SMILES string of the molecule is COc1ccc(Cn2nccc2CCNC(=O)OC(C)(C)C)cc1. The number of rotatable bonds is 6. The lowest BCUT2D eigenvalue weighted by Gasteiger charge is -2.19. The molecule has 2 aromatic rings. The Morgan fingerprint density at radius 1 is 1.21 bits per heavy atom. The van der Waals surface area contributed by atoms with Gasteiger partial charge in [-0.05, 0) is 44.5 Å². The maximum absolute atomic E-state index is 11.7. The minimum Gasteiger partial charge on any atom is -0.497 e. The molecule has 0 bridgehead atoms. The van der Waals surface area contributed by atoms with E-state index in [2.05, 4.69) is 10.4 Å². The normalized spacial score (nSPS) is 11.2. The Kier molecular flexibility index (Phi) is 5.84.